The molecule has 1 saturated carbocycles. The lowest BCUT2D eigenvalue weighted by Gasteiger charge is -2.27. The summed E-state index contributed by atoms with van der Waals surface area (Å²) in [5.41, 5.74) is 3.08. The first-order valence-electron chi connectivity index (χ1n) is 12.1. The highest BCUT2D eigenvalue weighted by molar-refractivity contribution is 7.87. The van der Waals surface area contributed by atoms with Crippen LogP contribution in [-0.4, -0.2) is 56.9 Å². The van der Waals surface area contributed by atoms with Gasteiger partial charge < -0.3 is 9.84 Å². The topological polar surface area (TPSA) is 140 Å². The lowest BCUT2D eigenvalue weighted by molar-refractivity contribution is -0.143. The highest BCUT2D eigenvalue weighted by Gasteiger charge is 2.28. The van der Waals surface area contributed by atoms with Gasteiger partial charge in [0.2, 0.25) is 0 Å². The van der Waals surface area contributed by atoms with E-state index in [1.807, 2.05) is 37.3 Å². The van der Waals surface area contributed by atoms with Crippen molar-refractivity contribution < 1.29 is 23.1 Å². The molecule has 11 nitrogen and oxygen atoms in total. The van der Waals surface area contributed by atoms with Gasteiger partial charge >= 0.3 is 5.97 Å². The molecule has 2 heterocycles. The number of ether oxygens (including phenoxy) is 1. The van der Waals surface area contributed by atoms with E-state index in [2.05, 4.69) is 20.0 Å². The zero-order chi connectivity index (χ0) is 26.6. The molecule has 1 aliphatic rings. The van der Waals surface area contributed by atoms with E-state index < -0.39 is 16.2 Å². The molecule has 2 aromatic heterocycles. The Hall–Kier alpha value is -3.35. The zero-order valence-corrected chi connectivity index (χ0v) is 22.0. The predicted molar refractivity (Wildman–Crippen MR) is 137 cm³/mol. The number of hydrogen-bond acceptors (Lipinski definition) is 7. The van der Waals surface area contributed by atoms with Crippen LogP contribution in [0.15, 0.2) is 42.5 Å². The number of carboxylic acids is 1. The first-order valence-corrected chi connectivity index (χ1v) is 13.6. The molecule has 0 saturated heterocycles. The Labute approximate surface area is 216 Å². The molecule has 37 heavy (non-hydrogen) atoms. The Morgan fingerprint density at radius 2 is 1.97 bits per heavy atom. The van der Waals surface area contributed by atoms with Crippen LogP contribution in [0.2, 0.25) is 0 Å². The molecule has 0 bridgehead atoms. The molecule has 2 atom stereocenters. The van der Waals surface area contributed by atoms with Crippen molar-refractivity contribution >= 4 is 16.2 Å². The van der Waals surface area contributed by atoms with E-state index in [1.165, 1.54) is 16.0 Å². The number of aryl methyl sites for hydroxylation is 2. The van der Waals surface area contributed by atoms with Crippen molar-refractivity contribution in [3.8, 4) is 17.1 Å². The van der Waals surface area contributed by atoms with Gasteiger partial charge in [-0.2, -0.15) is 17.4 Å². The monoisotopic (exact) mass is 528 g/mol. The van der Waals surface area contributed by atoms with Gasteiger partial charge in [-0.15, -0.1) is 5.10 Å². The summed E-state index contributed by atoms with van der Waals surface area (Å²) in [6.07, 6.45) is 2.59. The average molecular weight is 529 g/mol. The van der Waals surface area contributed by atoms with Crippen LogP contribution < -0.4 is 9.46 Å². The summed E-state index contributed by atoms with van der Waals surface area (Å²) in [7, 11) is -0.545. The van der Waals surface area contributed by atoms with E-state index in [9.17, 15) is 18.3 Å². The molecule has 1 unspecified atom stereocenters. The highest BCUT2D eigenvalue weighted by atomic mass is 32.2. The van der Waals surface area contributed by atoms with Crippen molar-refractivity contribution in [2.75, 3.05) is 7.05 Å². The number of benzene rings is 1. The fourth-order valence-electron chi connectivity index (χ4n) is 4.43. The molecular weight excluding hydrogens is 496 g/mol. The second-order valence-corrected chi connectivity index (χ2v) is 11.2. The lowest BCUT2D eigenvalue weighted by atomic mass is 9.87. The number of hydrogen-bond donors (Lipinski definition) is 2. The quantitative estimate of drug-likeness (QED) is 0.409. The molecule has 2 N–H and O–H groups in total. The second-order valence-electron chi connectivity index (χ2n) is 9.30. The van der Waals surface area contributed by atoms with E-state index in [-0.39, 0.29) is 25.1 Å². The molecule has 3 aromatic rings. The molecule has 0 aliphatic heterocycles. The summed E-state index contributed by atoms with van der Waals surface area (Å²) >= 11 is 0. The number of pyridine rings is 1. The van der Waals surface area contributed by atoms with Crippen LogP contribution in [0.5, 0.6) is 5.75 Å². The van der Waals surface area contributed by atoms with Gasteiger partial charge in [0.25, 0.3) is 10.2 Å². The van der Waals surface area contributed by atoms with E-state index in [0.29, 0.717) is 41.4 Å². The molecular formula is C25H32N6O5S. The largest absolute Gasteiger partial charge is 0.489 e. The first kappa shape index (κ1) is 26.7. The van der Waals surface area contributed by atoms with Crippen LogP contribution in [0, 0.1) is 12.8 Å². The number of carbonyl (C=O) groups is 1. The zero-order valence-electron chi connectivity index (χ0n) is 21.2. The Morgan fingerprint density at radius 3 is 2.68 bits per heavy atom. The predicted octanol–water partition coefficient (Wildman–Crippen LogP) is 2.67. The molecule has 0 amide bonds. The van der Waals surface area contributed by atoms with Gasteiger partial charge in [0.1, 0.15) is 11.4 Å². The molecule has 198 valence electrons. The molecule has 1 aromatic carbocycles. The van der Waals surface area contributed by atoms with Crippen LogP contribution >= 0.6 is 0 Å². The number of aromatic nitrogens is 4. The second kappa shape index (κ2) is 11.4. The number of nitrogens with one attached hydrogen (secondary N) is 1. The third-order valence-corrected chi connectivity index (χ3v) is 8.03. The molecule has 0 spiro atoms. The summed E-state index contributed by atoms with van der Waals surface area (Å²) < 4.78 is 37.2. The number of carboxylic acid groups (broad SMARTS) is 1. The lowest BCUT2D eigenvalue weighted by Crippen LogP contribution is -2.37. The third kappa shape index (κ3) is 6.51. The van der Waals surface area contributed by atoms with E-state index in [4.69, 9.17) is 4.74 Å². The Morgan fingerprint density at radius 1 is 1.22 bits per heavy atom. The summed E-state index contributed by atoms with van der Waals surface area (Å²) in [6, 6.07) is 12.9. The van der Waals surface area contributed by atoms with Gasteiger partial charge in [-0.05, 0) is 50.3 Å². The maximum Gasteiger partial charge on any atom is 0.306 e. The highest BCUT2D eigenvalue weighted by Crippen LogP contribution is 2.30. The van der Waals surface area contributed by atoms with E-state index in [1.54, 1.807) is 19.2 Å². The molecule has 1 aliphatic carbocycles. The van der Waals surface area contributed by atoms with Gasteiger partial charge in [0.15, 0.2) is 0 Å². The minimum atomic E-state index is -3.76. The first-order chi connectivity index (χ1) is 17.6. The van der Waals surface area contributed by atoms with Crippen LogP contribution in [-0.2, 0) is 35.1 Å². The Balaban J connectivity index is 1.45. The third-order valence-electron chi connectivity index (χ3n) is 6.57. The maximum absolute atomic E-state index is 12.8. The van der Waals surface area contributed by atoms with Gasteiger partial charge in [-0.3, -0.25) is 9.48 Å². The number of nitrogens with zero attached hydrogens (tertiary/aromatic N) is 5. The molecule has 4 rings (SSSR count). The normalized spacial score (nSPS) is 18.2. The van der Waals surface area contributed by atoms with Crippen molar-refractivity contribution in [2.24, 2.45) is 13.0 Å². The van der Waals surface area contributed by atoms with Crippen molar-refractivity contribution in [2.45, 2.75) is 51.8 Å². The summed E-state index contributed by atoms with van der Waals surface area (Å²) in [5, 5.41) is 17.6. The van der Waals surface area contributed by atoms with Gasteiger partial charge in [-0.25, -0.2) is 4.98 Å². The summed E-state index contributed by atoms with van der Waals surface area (Å²) in [5.74, 6) is -0.576. The van der Waals surface area contributed by atoms with Crippen LogP contribution in [0.1, 0.15) is 42.6 Å². The molecule has 12 heteroatoms. The van der Waals surface area contributed by atoms with Crippen molar-refractivity contribution in [1.82, 2.24) is 29.0 Å². The summed E-state index contributed by atoms with van der Waals surface area (Å²) in [6.45, 7) is 2.04. The number of rotatable bonds is 10. The fourth-order valence-corrected chi connectivity index (χ4v) is 5.29. The summed E-state index contributed by atoms with van der Waals surface area (Å²) in [4.78, 5) is 16.0. The van der Waals surface area contributed by atoms with E-state index >= 15 is 0 Å². The fraction of sp³-hybridized carbons (Fsp3) is 0.440. The van der Waals surface area contributed by atoms with Crippen molar-refractivity contribution in [3.05, 3.63) is 59.4 Å². The van der Waals surface area contributed by atoms with Gasteiger partial charge in [-0.1, -0.05) is 35.5 Å². The van der Waals surface area contributed by atoms with Crippen LogP contribution in [0.25, 0.3) is 11.4 Å². The molecule has 0 radical (unpaired) electrons. The van der Waals surface area contributed by atoms with Crippen LogP contribution in [0.3, 0.4) is 0 Å². The maximum atomic E-state index is 12.8. The van der Waals surface area contributed by atoms with Crippen LogP contribution in [0.4, 0.5) is 0 Å². The minimum Gasteiger partial charge on any atom is -0.489 e. The number of aliphatic carboxylic acids is 1. The SMILES string of the molecule is Cc1nc(-c2nnn(C)c2CNS(=O)(=O)N(C)Cc2ccccc2)ccc1O[C@H]1CCCC(C(=O)O)C1. The van der Waals surface area contributed by atoms with Crippen molar-refractivity contribution in [3.63, 3.8) is 0 Å². The Bertz CT molecular complexity index is 1340. The van der Waals surface area contributed by atoms with E-state index in [0.717, 1.165) is 18.4 Å². The van der Waals surface area contributed by atoms with Gasteiger partial charge in [0, 0.05) is 20.6 Å². The minimum absolute atomic E-state index is 0.0159. The molecule has 1 fully saturated rings. The van der Waals surface area contributed by atoms with Crippen molar-refractivity contribution in [1.29, 1.82) is 0 Å². The standard InChI is InChI=1S/C25H32N6O5S/c1-17-23(36-20-11-7-10-19(14-20)25(32)33)13-12-21(27-17)24-22(31(3)29-28-24)15-26-37(34,35)30(2)16-18-8-5-4-6-9-18/h4-6,8-9,12-13,19-20,26H,7,10-11,14-16H2,1-3H3,(H,32,33)/t19?,20-/m0/s1. The smallest absolute Gasteiger partial charge is 0.306 e. The van der Waals surface area contributed by atoms with Gasteiger partial charge in [0.05, 0.1) is 35.6 Å². The Kier molecular flexibility index (Phi) is 8.20. The average Bonchev–Trinajstić information content (AvgIpc) is 3.25.